The monoisotopic (exact) mass is 403 g/mol. The first-order valence-electron chi connectivity index (χ1n) is 7.45. The van der Waals surface area contributed by atoms with Crippen LogP contribution in [0.3, 0.4) is 0 Å². The largest absolute Gasteiger partial charge is 0.490 e. The number of aromatic nitrogens is 2. The molecule has 0 radical (unpaired) electrons. The highest BCUT2D eigenvalue weighted by Crippen LogP contribution is 2.39. The van der Waals surface area contributed by atoms with Crippen LogP contribution in [0, 0.1) is 0 Å². The van der Waals surface area contributed by atoms with Crippen LogP contribution in [-0.4, -0.2) is 57.6 Å². The Hall–Kier alpha value is -2.44. The van der Waals surface area contributed by atoms with E-state index >= 15 is 0 Å². The molecule has 1 saturated heterocycles. The van der Waals surface area contributed by atoms with E-state index in [0.717, 1.165) is 24.8 Å². The molecule has 0 aromatic carbocycles. The van der Waals surface area contributed by atoms with E-state index in [4.69, 9.17) is 19.8 Å². The summed E-state index contributed by atoms with van der Waals surface area (Å²) in [6.45, 7) is 2.09. The molecule has 1 saturated carbocycles. The zero-order chi connectivity index (χ0) is 20.8. The number of alkyl halides is 6. The molecule has 0 bridgehead atoms. The van der Waals surface area contributed by atoms with Crippen molar-refractivity contribution in [3.63, 3.8) is 0 Å². The third-order valence-corrected chi connectivity index (χ3v) is 3.37. The van der Waals surface area contributed by atoms with E-state index in [1.807, 2.05) is 12.4 Å². The zero-order valence-electron chi connectivity index (χ0n) is 13.5. The molecule has 1 aliphatic heterocycles. The number of carboxylic acid groups (broad SMARTS) is 2. The van der Waals surface area contributed by atoms with Crippen LogP contribution in [0.4, 0.5) is 26.3 Å². The van der Waals surface area contributed by atoms with Gasteiger partial charge < -0.3 is 15.5 Å². The number of carboxylic acids is 2. The summed E-state index contributed by atoms with van der Waals surface area (Å²) < 4.78 is 63.5. The minimum absolute atomic E-state index is 0.563. The van der Waals surface area contributed by atoms with Crippen molar-refractivity contribution in [1.82, 2.24) is 15.3 Å². The molecule has 0 unspecified atom stereocenters. The highest BCUT2D eigenvalue weighted by molar-refractivity contribution is 5.73. The summed E-state index contributed by atoms with van der Waals surface area (Å²) in [4.78, 5) is 26.6. The van der Waals surface area contributed by atoms with Gasteiger partial charge in [-0.05, 0) is 24.3 Å². The lowest BCUT2D eigenvalue weighted by Crippen LogP contribution is -2.40. The second-order valence-electron chi connectivity index (χ2n) is 5.61. The van der Waals surface area contributed by atoms with Gasteiger partial charge in [0.05, 0.1) is 0 Å². The summed E-state index contributed by atoms with van der Waals surface area (Å²) in [5.41, 5.74) is 1.33. The fourth-order valence-corrected chi connectivity index (χ4v) is 1.66. The lowest BCUT2D eigenvalue weighted by Gasteiger charge is -2.25. The maximum Gasteiger partial charge on any atom is 0.490 e. The van der Waals surface area contributed by atoms with Crippen LogP contribution in [0.5, 0.6) is 0 Å². The predicted octanol–water partition coefficient (Wildman–Crippen LogP) is 2.31. The van der Waals surface area contributed by atoms with Crippen molar-refractivity contribution in [2.24, 2.45) is 0 Å². The smallest absolute Gasteiger partial charge is 0.475 e. The van der Waals surface area contributed by atoms with Gasteiger partial charge in [-0.15, -0.1) is 0 Å². The molecule has 0 atom stereocenters. The van der Waals surface area contributed by atoms with Gasteiger partial charge >= 0.3 is 24.3 Å². The molecule has 2 fully saturated rings. The fraction of sp³-hybridized carbons (Fsp3) is 0.571. The van der Waals surface area contributed by atoms with E-state index < -0.39 is 24.3 Å². The summed E-state index contributed by atoms with van der Waals surface area (Å²) in [5.74, 6) is -3.16. The van der Waals surface area contributed by atoms with Crippen LogP contribution in [0.2, 0.25) is 0 Å². The first kappa shape index (κ1) is 22.6. The van der Waals surface area contributed by atoms with Crippen molar-refractivity contribution in [2.75, 3.05) is 13.1 Å². The normalized spacial score (nSPS) is 16.8. The Morgan fingerprint density at radius 1 is 0.889 bits per heavy atom. The second-order valence-corrected chi connectivity index (χ2v) is 5.61. The number of nitrogens with one attached hydrogen (secondary N) is 1. The van der Waals surface area contributed by atoms with Crippen molar-refractivity contribution >= 4 is 11.9 Å². The molecular weight excluding hydrogens is 388 g/mol. The SMILES string of the molecule is O=C(O)C(F)(F)F.O=C(O)C(F)(F)F.c1nc(C2CNC2)ncc1C1CC1. The molecule has 27 heavy (non-hydrogen) atoms. The number of hydrogen-bond donors (Lipinski definition) is 3. The molecule has 3 N–H and O–H groups in total. The number of hydrogen-bond acceptors (Lipinski definition) is 5. The number of rotatable bonds is 2. The predicted molar refractivity (Wildman–Crippen MR) is 77.0 cm³/mol. The highest BCUT2D eigenvalue weighted by atomic mass is 19.4. The Morgan fingerprint density at radius 2 is 1.26 bits per heavy atom. The minimum atomic E-state index is -5.08. The van der Waals surface area contributed by atoms with Gasteiger partial charge in [0.25, 0.3) is 0 Å². The first-order valence-corrected chi connectivity index (χ1v) is 7.45. The van der Waals surface area contributed by atoms with Gasteiger partial charge in [0.2, 0.25) is 0 Å². The van der Waals surface area contributed by atoms with Gasteiger partial charge in [0, 0.05) is 31.4 Å². The van der Waals surface area contributed by atoms with E-state index in [-0.39, 0.29) is 0 Å². The zero-order valence-corrected chi connectivity index (χ0v) is 13.5. The standard InChI is InChI=1S/C10H13N3.2C2HF3O2/c1-2-7(1)8-5-12-10(13-6-8)9-3-11-4-9;2*3-2(4,5)1(6)7/h5-7,9,11H,1-4H2;2*(H,6,7). The molecule has 7 nitrogen and oxygen atoms in total. The van der Waals surface area contributed by atoms with Crippen molar-refractivity contribution in [1.29, 1.82) is 0 Å². The van der Waals surface area contributed by atoms with Gasteiger partial charge in [0.1, 0.15) is 5.82 Å². The maximum absolute atomic E-state index is 10.6. The number of aliphatic carboxylic acids is 2. The molecule has 0 spiro atoms. The average Bonchev–Trinajstić information content (AvgIpc) is 3.30. The summed E-state index contributed by atoms with van der Waals surface area (Å²) >= 11 is 0. The molecule has 3 rings (SSSR count). The van der Waals surface area contributed by atoms with Crippen LogP contribution in [0.25, 0.3) is 0 Å². The summed E-state index contributed by atoms with van der Waals surface area (Å²) in [6, 6.07) is 0. The number of carbonyl (C=O) groups is 2. The minimum Gasteiger partial charge on any atom is -0.475 e. The summed E-state index contributed by atoms with van der Waals surface area (Å²) in [6.07, 6.45) is -3.49. The van der Waals surface area contributed by atoms with Crippen molar-refractivity contribution in [3.8, 4) is 0 Å². The quantitative estimate of drug-likeness (QED) is 0.650. The molecular formula is C14H15F6N3O4. The van der Waals surface area contributed by atoms with Gasteiger partial charge in [-0.25, -0.2) is 19.6 Å². The Morgan fingerprint density at radius 3 is 1.48 bits per heavy atom. The van der Waals surface area contributed by atoms with E-state index in [0.29, 0.717) is 5.92 Å². The summed E-state index contributed by atoms with van der Waals surface area (Å²) in [7, 11) is 0. The molecule has 1 aromatic rings. The van der Waals surface area contributed by atoms with Crippen LogP contribution in [-0.2, 0) is 9.59 Å². The fourth-order valence-electron chi connectivity index (χ4n) is 1.66. The van der Waals surface area contributed by atoms with E-state index in [9.17, 15) is 26.3 Å². The molecule has 2 heterocycles. The van der Waals surface area contributed by atoms with Crippen LogP contribution < -0.4 is 5.32 Å². The lowest BCUT2D eigenvalue weighted by atomic mass is 10.0. The Bertz CT molecular complexity index is 616. The first-order chi connectivity index (χ1) is 12.3. The second kappa shape index (κ2) is 8.97. The molecule has 0 amide bonds. The van der Waals surface area contributed by atoms with Gasteiger partial charge in [-0.3, -0.25) is 0 Å². The maximum atomic E-state index is 10.6. The number of nitrogens with zero attached hydrogens (tertiary/aromatic N) is 2. The van der Waals surface area contributed by atoms with Gasteiger partial charge in [-0.1, -0.05) is 0 Å². The molecule has 13 heteroatoms. The van der Waals surface area contributed by atoms with Crippen molar-refractivity contribution in [3.05, 3.63) is 23.8 Å². The highest BCUT2D eigenvalue weighted by Gasteiger charge is 2.38. The van der Waals surface area contributed by atoms with E-state index in [1.54, 1.807) is 0 Å². The topological polar surface area (TPSA) is 112 Å². The average molecular weight is 403 g/mol. The van der Waals surface area contributed by atoms with Crippen LogP contribution in [0.1, 0.15) is 36.1 Å². The third-order valence-electron chi connectivity index (χ3n) is 3.37. The van der Waals surface area contributed by atoms with Crippen molar-refractivity contribution < 1.29 is 46.1 Å². The summed E-state index contributed by atoms with van der Waals surface area (Å²) in [5, 5.41) is 17.5. The Balaban J connectivity index is 0.000000226. The Kier molecular flexibility index (Phi) is 7.51. The molecule has 2 aliphatic rings. The molecule has 1 aromatic heterocycles. The third kappa shape index (κ3) is 8.19. The van der Waals surface area contributed by atoms with Crippen LogP contribution in [0.15, 0.2) is 12.4 Å². The molecule has 152 valence electrons. The van der Waals surface area contributed by atoms with Crippen LogP contribution >= 0.6 is 0 Å². The van der Waals surface area contributed by atoms with Gasteiger partial charge in [0.15, 0.2) is 0 Å². The van der Waals surface area contributed by atoms with E-state index in [2.05, 4.69) is 15.3 Å². The lowest BCUT2D eigenvalue weighted by molar-refractivity contribution is -0.193. The molecule has 1 aliphatic carbocycles. The van der Waals surface area contributed by atoms with Crippen molar-refractivity contribution in [2.45, 2.75) is 37.0 Å². The number of halogens is 6. The van der Waals surface area contributed by atoms with E-state index in [1.165, 1.54) is 18.4 Å². The Labute approximate surface area is 148 Å². The van der Waals surface area contributed by atoms with Gasteiger partial charge in [-0.2, -0.15) is 26.3 Å².